The summed E-state index contributed by atoms with van der Waals surface area (Å²) in [6.07, 6.45) is 7.93. The molecule has 8 heteroatoms. The molecule has 4 saturated carbocycles. The number of amides is 1. The molecule has 4 aliphatic rings. The molecule has 4 aliphatic carbocycles. The molecule has 172 valence electrons. The van der Waals surface area contributed by atoms with Gasteiger partial charge in [0.15, 0.2) is 0 Å². The number of ether oxygens (including phenoxy) is 1. The summed E-state index contributed by atoms with van der Waals surface area (Å²) in [5.74, 6) is 3.11. The first-order valence-corrected chi connectivity index (χ1v) is 12.7. The van der Waals surface area contributed by atoms with E-state index in [1.165, 1.54) is 41.2 Å². The molecular weight excluding hydrogens is 436 g/mol. The Balaban J connectivity index is 1.10. The summed E-state index contributed by atoms with van der Waals surface area (Å²) in [4.78, 5) is 30.6. The van der Waals surface area contributed by atoms with Crippen molar-refractivity contribution >= 4 is 27.9 Å². The van der Waals surface area contributed by atoms with E-state index in [1.807, 2.05) is 31.2 Å². The first-order chi connectivity index (χ1) is 16.0. The second-order valence-corrected chi connectivity index (χ2v) is 11.1. The van der Waals surface area contributed by atoms with Crippen LogP contribution < -0.4 is 15.6 Å². The zero-order chi connectivity index (χ0) is 22.6. The number of carbonyl (C=O) groups is 1. The molecule has 1 amide bonds. The molecule has 4 bridgehead atoms. The molecule has 0 aliphatic heterocycles. The van der Waals surface area contributed by atoms with Crippen LogP contribution >= 0.6 is 11.3 Å². The normalized spacial score (nSPS) is 27.7. The quantitative estimate of drug-likeness (QED) is 0.583. The Morgan fingerprint density at radius 2 is 1.82 bits per heavy atom. The van der Waals surface area contributed by atoms with E-state index in [1.54, 1.807) is 0 Å². The van der Waals surface area contributed by atoms with E-state index in [0.717, 1.165) is 54.1 Å². The Bertz CT molecular complexity index is 1230. The maximum Gasteiger partial charge on any atom is 0.275 e. The van der Waals surface area contributed by atoms with Gasteiger partial charge in [0, 0.05) is 11.8 Å². The Morgan fingerprint density at radius 1 is 1.15 bits per heavy atom. The highest BCUT2D eigenvalue weighted by Gasteiger charge is 2.54. The number of hydrogen-bond acceptors (Lipinski definition) is 6. The van der Waals surface area contributed by atoms with Crippen molar-refractivity contribution in [2.75, 3.05) is 5.32 Å². The molecule has 4 fully saturated rings. The number of aryl methyl sites for hydroxylation is 1. The Morgan fingerprint density at radius 3 is 2.45 bits per heavy atom. The van der Waals surface area contributed by atoms with Crippen molar-refractivity contribution in [3.63, 3.8) is 0 Å². The third-order valence-corrected chi connectivity index (χ3v) is 8.71. The average molecular weight is 465 g/mol. The molecule has 0 saturated heterocycles. The summed E-state index contributed by atoms with van der Waals surface area (Å²) in [7, 11) is 0. The van der Waals surface area contributed by atoms with Crippen molar-refractivity contribution in [1.82, 2.24) is 14.6 Å². The number of hydrogen-bond donors (Lipinski definition) is 1. The van der Waals surface area contributed by atoms with Gasteiger partial charge < -0.3 is 10.1 Å². The average Bonchev–Trinajstić information content (AvgIpc) is 3.22. The van der Waals surface area contributed by atoms with E-state index in [4.69, 9.17) is 4.74 Å². The predicted octanol–water partition coefficient (Wildman–Crippen LogP) is 4.45. The largest absolute Gasteiger partial charge is 0.487 e. The number of carbonyl (C=O) groups excluding carboxylic acids is 1. The summed E-state index contributed by atoms with van der Waals surface area (Å²) in [6.45, 7) is 2.20. The van der Waals surface area contributed by atoms with Crippen molar-refractivity contribution in [1.29, 1.82) is 0 Å². The summed E-state index contributed by atoms with van der Waals surface area (Å²) < 4.78 is 7.19. The standard InChI is InChI=1S/C25H28N4O3S/c1-2-21-28-29-22(30)10-19(27-24(29)33-21)14-32-20-5-3-18(4-6-20)26-23(31)25-11-15-7-16(12-25)9-17(8-15)13-25/h3-6,10,15-17H,2,7-9,11-14H2,1H3,(H,26,31). The fraction of sp³-hybridized carbons (Fsp3) is 0.520. The van der Waals surface area contributed by atoms with Crippen molar-refractivity contribution in [3.8, 4) is 5.75 Å². The highest BCUT2D eigenvalue weighted by atomic mass is 32.1. The first kappa shape index (κ1) is 20.8. The molecule has 7 rings (SSSR count). The van der Waals surface area contributed by atoms with Gasteiger partial charge in [-0.25, -0.2) is 4.98 Å². The van der Waals surface area contributed by atoms with Crippen LogP contribution in [0.4, 0.5) is 5.69 Å². The second-order valence-electron chi connectivity index (χ2n) is 10.1. The lowest BCUT2D eigenvalue weighted by Gasteiger charge is -2.55. The van der Waals surface area contributed by atoms with Crippen molar-refractivity contribution < 1.29 is 9.53 Å². The van der Waals surface area contributed by atoms with Gasteiger partial charge in [0.1, 0.15) is 17.4 Å². The molecule has 33 heavy (non-hydrogen) atoms. The summed E-state index contributed by atoms with van der Waals surface area (Å²) in [5.41, 5.74) is 1.02. The maximum absolute atomic E-state index is 13.2. The number of nitrogens with zero attached hydrogens (tertiary/aromatic N) is 3. The van der Waals surface area contributed by atoms with Crippen LogP contribution in [0, 0.1) is 23.2 Å². The molecule has 7 nitrogen and oxygen atoms in total. The van der Waals surface area contributed by atoms with Crippen LogP contribution in [0.15, 0.2) is 35.1 Å². The summed E-state index contributed by atoms with van der Waals surface area (Å²) in [5, 5.41) is 8.32. The molecule has 1 N–H and O–H groups in total. The number of benzene rings is 1. The van der Waals surface area contributed by atoms with E-state index >= 15 is 0 Å². The van der Waals surface area contributed by atoms with Gasteiger partial charge in [-0.05, 0) is 87.0 Å². The van der Waals surface area contributed by atoms with Gasteiger partial charge in [0.25, 0.3) is 5.56 Å². The molecule has 1 aromatic carbocycles. The van der Waals surface area contributed by atoms with Crippen LogP contribution in [0.5, 0.6) is 5.75 Å². The van der Waals surface area contributed by atoms with E-state index in [0.29, 0.717) is 16.4 Å². The highest BCUT2D eigenvalue weighted by Crippen LogP contribution is 2.60. The highest BCUT2D eigenvalue weighted by molar-refractivity contribution is 7.16. The van der Waals surface area contributed by atoms with E-state index in [9.17, 15) is 9.59 Å². The zero-order valence-corrected chi connectivity index (χ0v) is 19.6. The minimum Gasteiger partial charge on any atom is -0.487 e. The molecular formula is C25H28N4O3S. The van der Waals surface area contributed by atoms with Gasteiger partial charge in [-0.3, -0.25) is 9.59 Å². The number of aromatic nitrogens is 3. The van der Waals surface area contributed by atoms with Crippen LogP contribution in [-0.4, -0.2) is 20.5 Å². The molecule has 0 atom stereocenters. The molecule has 0 unspecified atom stereocenters. The van der Waals surface area contributed by atoms with E-state index < -0.39 is 0 Å². The minimum absolute atomic E-state index is 0.156. The Hall–Kier alpha value is -2.74. The molecule has 0 spiro atoms. The van der Waals surface area contributed by atoms with Crippen molar-refractivity contribution in [3.05, 3.63) is 51.4 Å². The van der Waals surface area contributed by atoms with Crippen LogP contribution in [0.1, 0.15) is 56.2 Å². The number of rotatable bonds is 6. The predicted molar refractivity (Wildman–Crippen MR) is 127 cm³/mol. The van der Waals surface area contributed by atoms with Gasteiger partial charge in [-0.1, -0.05) is 18.3 Å². The van der Waals surface area contributed by atoms with Crippen LogP contribution in [0.2, 0.25) is 0 Å². The van der Waals surface area contributed by atoms with Gasteiger partial charge >= 0.3 is 0 Å². The van der Waals surface area contributed by atoms with Crippen molar-refractivity contribution in [2.45, 2.75) is 58.5 Å². The number of anilines is 1. The fourth-order valence-electron chi connectivity index (χ4n) is 6.56. The Labute approximate surface area is 196 Å². The van der Waals surface area contributed by atoms with E-state index in [-0.39, 0.29) is 23.5 Å². The molecule has 2 heterocycles. The number of fused-ring (bicyclic) bond motifs is 1. The molecule has 0 radical (unpaired) electrons. The lowest BCUT2D eigenvalue weighted by atomic mass is 9.49. The number of nitrogens with one attached hydrogen (secondary N) is 1. The SMILES string of the molecule is CCc1nn2c(=O)cc(COc3ccc(NC(=O)C45CC6CC(CC(C6)C4)C5)cc3)nc2s1. The molecule has 2 aromatic heterocycles. The van der Waals surface area contributed by atoms with E-state index in [2.05, 4.69) is 15.4 Å². The van der Waals surface area contributed by atoms with Crippen LogP contribution in [0.3, 0.4) is 0 Å². The smallest absolute Gasteiger partial charge is 0.275 e. The third-order valence-electron chi connectivity index (χ3n) is 7.66. The maximum atomic E-state index is 13.2. The van der Waals surface area contributed by atoms with Crippen LogP contribution in [-0.2, 0) is 17.8 Å². The second kappa shape index (κ2) is 7.94. The topological polar surface area (TPSA) is 85.6 Å². The lowest BCUT2D eigenvalue weighted by molar-refractivity contribution is -0.140. The monoisotopic (exact) mass is 464 g/mol. The van der Waals surface area contributed by atoms with Gasteiger partial charge in [-0.2, -0.15) is 9.61 Å². The van der Waals surface area contributed by atoms with Gasteiger partial charge in [0.05, 0.1) is 11.1 Å². The summed E-state index contributed by atoms with van der Waals surface area (Å²) >= 11 is 1.42. The fourth-order valence-corrected chi connectivity index (χ4v) is 7.41. The first-order valence-electron chi connectivity index (χ1n) is 11.9. The zero-order valence-electron chi connectivity index (χ0n) is 18.8. The molecule has 3 aromatic rings. The van der Waals surface area contributed by atoms with Crippen molar-refractivity contribution in [2.24, 2.45) is 23.2 Å². The van der Waals surface area contributed by atoms with Gasteiger partial charge in [-0.15, -0.1) is 0 Å². The lowest BCUT2D eigenvalue weighted by Crippen LogP contribution is -2.51. The Kier molecular flexibility index (Phi) is 5.01. The summed E-state index contributed by atoms with van der Waals surface area (Å²) in [6, 6.07) is 8.93. The van der Waals surface area contributed by atoms with Gasteiger partial charge in [0.2, 0.25) is 10.9 Å². The third kappa shape index (κ3) is 3.84. The minimum atomic E-state index is -0.197. The van der Waals surface area contributed by atoms with Crippen LogP contribution in [0.25, 0.3) is 4.96 Å².